The van der Waals surface area contributed by atoms with E-state index in [4.69, 9.17) is 14.2 Å². The van der Waals surface area contributed by atoms with Crippen LogP contribution >= 0.6 is 0 Å². The molecule has 1 aliphatic rings. The first-order chi connectivity index (χ1) is 12.1. The second kappa shape index (κ2) is 10.4. The Labute approximate surface area is 157 Å². The molecule has 26 heavy (non-hydrogen) atoms. The molecular weight excluding hydrogens is 341 g/mol. The van der Waals surface area contributed by atoms with Gasteiger partial charge in [0.25, 0.3) is 0 Å². The SMILES string of the molecule is CCCCOC(C)OCCCC1(O)CCN(C(=O)OC(C)(C)C)CC1F. The number of rotatable bonds is 9. The molecule has 154 valence electrons. The van der Waals surface area contributed by atoms with E-state index < -0.39 is 23.5 Å². The van der Waals surface area contributed by atoms with Crippen molar-refractivity contribution < 1.29 is 28.5 Å². The van der Waals surface area contributed by atoms with Crippen LogP contribution in [0.3, 0.4) is 0 Å². The lowest BCUT2D eigenvalue weighted by Gasteiger charge is -2.41. The molecule has 0 saturated carbocycles. The Hall–Kier alpha value is -0.920. The molecule has 1 saturated heterocycles. The summed E-state index contributed by atoms with van der Waals surface area (Å²) in [5.41, 5.74) is -2.04. The Morgan fingerprint density at radius 2 is 1.92 bits per heavy atom. The van der Waals surface area contributed by atoms with Gasteiger partial charge in [0.15, 0.2) is 6.29 Å². The highest BCUT2D eigenvalue weighted by Gasteiger charge is 2.43. The highest BCUT2D eigenvalue weighted by atomic mass is 19.1. The number of hydrogen-bond donors (Lipinski definition) is 1. The van der Waals surface area contributed by atoms with Crippen molar-refractivity contribution in [1.29, 1.82) is 0 Å². The lowest BCUT2D eigenvalue weighted by atomic mass is 9.85. The van der Waals surface area contributed by atoms with Crippen molar-refractivity contribution in [2.75, 3.05) is 26.3 Å². The molecule has 1 heterocycles. The van der Waals surface area contributed by atoms with Crippen LogP contribution in [0, 0.1) is 0 Å². The molecule has 7 heteroatoms. The maximum Gasteiger partial charge on any atom is 0.410 e. The van der Waals surface area contributed by atoms with Crippen LogP contribution in [0.25, 0.3) is 0 Å². The predicted octanol–water partition coefficient (Wildman–Crippen LogP) is 3.66. The highest BCUT2D eigenvalue weighted by Crippen LogP contribution is 2.30. The average Bonchev–Trinajstić information content (AvgIpc) is 2.53. The minimum absolute atomic E-state index is 0.150. The summed E-state index contributed by atoms with van der Waals surface area (Å²) in [6, 6.07) is 0. The van der Waals surface area contributed by atoms with E-state index in [0.29, 0.717) is 19.6 Å². The first kappa shape index (κ1) is 23.1. The monoisotopic (exact) mass is 377 g/mol. The molecule has 3 atom stereocenters. The molecule has 0 aromatic rings. The predicted molar refractivity (Wildman–Crippen MR) is 97.8 cm³/mol. The molecule has 1 N–H and O–H groups in total. The topological polar surface area (TPSA) is 68.2 Å². The van der Waals surface area contributed by atoms with Gasteiger partial charge in [0, 0.05) is 19.8 Å². The second-order valence-corrected chi connectivity index (χ2v) is 8.01. The van der Waals surface area contributed by atoms with E-state index in [-0.39, 0.29) is 32.2 Å². The molecule has 0 aromatic carbocycles. The molecule has 1 rings (SSSR count). The molecule has 0 radical (unpaired) electrons. The molecule has 1 fully saturated rings. The fourth-order valence-corrected chi connectivity index (χ4v) is 2.78. The zero-order chi connectivity index (χ0) is 19.8. The number of piperidine rings is 1. The first-order valence-corrected chi connectivity index (χ1v) is 9.65. The largest absolute Gasteiger partial charge is 0.444 e. The minimum Gasteiger partial charge on any atom is -0.444 e. The third-order valence-corrected chi connectivity index (χ3v) is 4.39. The number of carbonyl (C=O) groups is 1. The Morgan fingerprint density at radius 3 is 2.46 bits per heavy atom. The summed E-state index contributed by atoms with van der Waals surface area (Å²) in [5, 5.41) is 10.6. The number of carbonyl (C=O) groups excluding carboxylic acids is 1. The van der Waals surface area contributed by atoms with Gasteiger partial charge in [-0.2, -0.15) is 0 Å². The number of aliphatic hydroxyl groups is 1. The Balaban J connectivity index is 2.32. The van der Waals surface area contributed by atoms with Crippen molar-refractivity contribution in [2.24, 2.45) is 0 Å². The van der Waals surface area contributed by atoms with Crippen LogP contribution in [0.5, 0.6) is 0 Å². The molecular formula is C19H36FNO5. The summed E-state index contributed by atoms with van der Waals surface area (Å²) >= 11 is 0. The van der Waals surface area contributed by atoms with E-state index in [1.165, 1.54) is 4.90 Å². The normalized spacial score (nSPS) is 25.2. The Morgan fingerprint density at radius 1 is 1.31 bits per heavy atom. The van der Waals surface area contributed by atoms with Gasteiger partial charge in [-0.1, -0.05) is 13.3 Å². The van der Waals surface area contributed by atoms with Gasteiger partial charge in [0.2, 0.25) is 0 Å². The van der Waals surface area contributed by atoms with Crippen LogP contribution in [-0.4, -0.2) is 66.1 Å². The van der Waals surface area contributed by atoms with Crippen LogP contribution in [0.2, 0.25) is 0 Å². The summed E-state index contributed by atoms with van der Waals surface area (Å²) in [7, 11) is 0. The third kappa shape index (κ3) is 8.18. The standard InChI is InChI=1S/C19H36FNO5/c1-6-7-12-24-15(2)25-13-8-9-19(23)10-11-21(14-16(19)20)17(22)26-18(3,4)5/h15-16,23H,6-14H2,1-5H3. The fourth-order valence-electron chi connectivity index (χ4n) is 2.78. The van der Waals surface area contributed by atoms with Crippen LogP contribution in [0.15, 0.2) is 0 Å². The van der Waals surface area contributed by atoms with Gasteiger partial charge < -0.3 is 24.2 Å². The van der Waals surface area contributed by atoms with E-state index >= 15 is 0 Å². The maximum absolute atomic E-state index is 14.5. The molecule has 0 aliphatic carbocycles. The number of ether oxygens (including phenoxy) is 3. The summed E-state index contributed by atoms with van der Waals surface area (Å²) in [4.78, 5) is 13.4. The van der Waals surface area contributed by atoms with E-state index in [1.807, 2.05) is 6.92 Å². The number of alkyl halides is 1. The Bertz CT molecular complexity index is 429. The van der Waals surface area contributed by atoms with Crippen molar-refractivity contribution in [3.63, 3.8) is 0 Å². The fraction of sp³-hybridized carbons (Fsp3) is 0.947. The number of nitrogens with zero attached hydrogens (tertiary/aromatic N) is 1. The van der Waals surface area contributed by atoms with Gasteiger partial charge in [-0.15, -0.1) is 0 Å². The zero-order valence-corrected chi connectivity index (χ0v) is 16.9. The van der Waals surface area contributed by atoms with Gasteiger partial charge in [0.1, 0.15) is 11.8 Å². The van der Waals surface area contributed by atoms with Crippen LogP contribution < -0.4 is 0 Å². The number of likely N-dealkylation sites (tertiary alicyclic amines) is 1. The quantitative estimate of drug-likeness (QED) is 0.491. The van der Waals surface area contributed by atoms with Crippen molar-refractivity contribution in [2.45, 2.75) is 90.4 Å². The van der Waals surface area contributed by atoms with Crippen molar-refractivity contribution in [3.8, 4) is 0 Å². The number of unbranched alkanes of at least 4 members (excludes halogenated alkanes) is 1. The number of hydrogen-bond acceptors (Lipinski definition) is 5. The molecule has 1 amide bonds. The van der Waals surface area contributed by atoms with Gasteiger partial charge in [-0.3, -0.25) is 0 Å². The number of amides is 1. The number of halogens is 1. The van der Waals surface area contributed by atoms with Gasteiger partial charge in [-0.05, 0) is 53.4 Å². The first-order valence-electron chi connectivity index (χ1n) is 9.65. The molecule has 0 aromatic heterocycles. The van der Waals surface area contributed by atoms with Crippen molar-refractivity contribution >= 4 is 6.09 Å². The lowest BCUT2D eigenvalue weighted by Crippen LogP contribution is -2.55. The average molecular weight is 377 g/mol. The summed E-state index contributed by atoms with van der Waals surface area (Å²) in [5.74, 6) is 0. The van der Waals surface area contributed by atoms with Crippen LogP contribution in [0.1, 0.15) is 66.7 Å². The summed E-state index contributed by atoms with van der Waals surface area (Å²) in [6.45, 7) is 10.4. The van der Waals surface area contributed by atoms with Crippen LogP contribution in [-0.2, 0) is 14.2 Å². The molecule has 0 bridgehead atoms. The maximum atomic E-state index is 14.5. The summed E-state index contributed by atoms with van der Waals surface area (Å²) in [6.07, 6.45) is 0.735. The van der Waals surface area contributed by atoms with Gasteiger partial charge in [-0.25, -0.2) is 9.18 Å². The molecule has 0 spiro atoms. The second-order valence-electron chi connectivity index (χ2n) is 8.01. The molecule has 3 unspecified atom stereocenters. The van der Waals surface area contributed by atoms with E-state index in [1.54, 1.807) is 20.8 Å². The summed E-state index contributed by atoms with van der Waals surface area (Å²) < 4.78 is 30.8. The third-order valence-electron chi connectivity index (χ3n) is 4.39. The van der Waals surface area contributed by atoms with E-state index in [9.17, 15) is 14.3 Å². The molecule has 1 aliphatic heterocycles. The van der Waals surface area contributed by atoms with Crippen molar-refractivity contribution in [1.82, 2.24) is 4.90 Å². The lowest BCUT2D eigenvalue weighted by molar-refractivity contribution is -0.138. The van der Waals surface area contributed by atoms with Crippen molar-refractivity contribution in [3.05, 3.63) is 0 Å². The van der Waals surface area contributed by atoms with Gasteiger partial charge in [0.05, 0.1) is 12.1 Å². The smallest absolute Gasteiger partial charge is 0.410 e. The van der Waals surface area contributed by atoms with Crippen LogP contribution in [0.4, 0.5) is 9.18 Å². The minimum atomic E-state index is -1.50. The van der Waals surface area contributed by atoms with Gasteiger partial charge >= 0.3 is 6.09 Å². The Kier molecular flexibility index (Phi) is 9.27. The molecule has 6 nitrogen and oxygen atoms in total. The zero-order valence-electron chi connectivity index (χ0n) is 16.9. The van der Waals surface area contributed by atoms with E-state index in [0.717, 1.165) is 12.8 Å². The highest BCUT2D eigenvalue weighted by molar-refractivity contribution is 5.68. The van der Waals surface area contributed by atoms with E-state index in [2.05, 4.69) is 6.92 Å².